The van der Waals surface area contributed by atoms with E-state index in [0.717, 1.165) is 48.2 Å². The third-order valence-corrected chi connectivity index (χ3v) is 6.84. The maximum absolute atomic E-state index is 13.5. The fourth-order valence-corrected chi connectivity index (χ4v) is 4.89. The number of carbonyl (C=O) groups excluding carboxylic acids is 1. The molecule has 2 aromatic heterocycles. The molecule has 36 heavy (non-hydrogen) atoms. The Hall–Kier alpha value is -4.00. The van der Waals surface area contributed by atoms with Gasteiger partial charge < -0.3 is 23.9 Å². The standard InChI is InChI=1S/C29H31N3O4/c1-31-19-21(10-12-28(31)33)29(34)32-14-5-6-16-36-27-18-20(9-11-26(27)35-2)17-25-23(13-15-32)22-7-3-4-8-24(22)30-25/h3-4,7-12,18-19,30H,5-6,13-17H2,1-2H3. The van der Waals surface area contributed by atoms with Gasteiger partial charge in [-0.3, -0.25) is 9.59 Å². The molecule has 1 amide bonds. The predicted molar refractivity (Wildman–Crippen MR) is 140 cm³/mol. The molecule has 5 rings (SSSR count). The van der Waals surface area contributed by atoms with Crippen LogP contribution in [0.1, 0.15) is 40.0 Å². The number of aryl methyl sites for hydroxylation is 1. The number of hydrogen-bond donors (Lipinski definition) is 1. The van der Waals surface area contributed by atoms with Crippen LogP contribution in [0.2, 0.25) is 0 Å². The summed E-state index contributed by atoms with van der Waals surface area (Å²) in [6, 6.07) is 17.5. The molecule has 0 fully saturated rings. The quantitative estimate of drug-likeness (QED) is 0.459. The molecule has 1 N–H and O–H groups in total. The third kappa shape index (κ3) is 4.87. The van der Waals surface area contributed by atoms with E-state index < -0.39 is 0 Å². The van der Waals surface area contributed by atoms with E-state index in [9.17, 15) is 9.59 Å². The maximum Gasteiger partial charge on any atom is 0.255 e. The minimum atomic E-state index is -0.133. The number of para-hydroxylation sites is 1. The number of rotatable bonds is 2. The van der Waals surface area contributed by atoms with Crippen molar-refractivity contribution >= 4 is 16.8 Å². The van der Waals surface area contributed by atoms with Gasteiger partial charge in [-0.05, 0) is 54.7 Å². The highest BCUT2D eigenvalue weighted by Crippen LogP contribution is 2.31. The lowest BCUT2D eigenvalue weighted by molar-refractivity contribution is 0.0751. The molecule has 4 aromatic rings. The summed E-state index contributed by atoms with van der Waals surface area (Å²) < 4.78 is 13.1. The Balaban J connectivity index is 1.51. The summed E-state index contributed by atoms with van der Waals surface area (Å²) in [4.78, 5) is 30.8. The minimum absolute atomic E-state index is 0.0631. The molecule has 3 heterocycles. The predicted octanol–water partition coefficient (Wildman–Crippen LogP) is 4.32. The number of nitrogens with zero attached hydrogens (tertiary/aromatic N) is 2. The van der Waals surface area contributed by atoms with Gasteiger partial charge >= 0.3 is 0 Å². The largest absolute Gasteiger partial charge is 0.493 e. The van der Waals surface area contributed by atoms with Gasteiger partial charge in [0.15, 0.2) is 11.5 Å². The molecular weight excluding hydrogens is 454 g/mol. The highest BCUT2D eigenvalue weighted by atomic mass is 16.5. The fourth-order valence-electron chi connectivity index (χ4n) is 4.89. The van der Waals surface area contributed by atoms with Crippen molar-refractivity contribution in [3.8, 4) is 11.5 Å². The average molecular weight is 486 g/mol. The van der Waals surface area contributed by atoms with Gasteiger partial charge in [-0.1, -0.05) is 24.3 Å². The van der Waals surface area contributed by atoms with Gasteiger partial charge in [0, 0.05) is 55.4 Å². The van der Waals surface area contributed by atoms with Crippen LogP contribution < -0.4 is 15.0 Å². The number of methoxy groups -OCH3 is 1. The molecule has 0 unspecified atom stereocenters. The molecule has 0 saturated carbocycles. The number of carbonyl (C=O) groups is 1. The van der Waals surface area contributed by atoms with Crippen molar-refractivity contribution in [2.24, 2.45) is 7.05 Å². The van der Waals surface area contributed by atoms with Crippen molar-refractivity contribution < 1.29 is 14.3 Å². The van der Waals surface area contributed by atoms with Crippen LogP contribution >= 0.6 is 0 Å². The van der Waals surface area contributed by atoms with E-state index in [-0.39, 0.29) is 11.5 Å². The van der Waals surface area contributed by atoms with Crippen molar-refractivity contribution in [1.82, 2.24) is 14.5 Å². The van der Waals surface area contributed by atoms with Crippen LogP contribution in [-0.2, 0) is 19.9 Å². The van der Waals surface area contributed by atoms with E-state index in [4.69, 9.17) is 9.47 Å². The Kier molecular flexibility index (Phi) is 6.80. The summed E-state index contributed by atoms with van der Waals surface area (Å²) in [5.41, 5.74) is 4.97. The molecule has 1 aliphatic rings. The lowest BCUT2D eigenvalue weighted by atomic mass is 10.0. The molecule has 7 nitrogen and oxygen atoms in total. The van der Waals surface area contributed by atoms with E-state index >= 15 is 0 Å². The van der Waals surface area contributed by atoms with Crippen molar-refractivity contribution in [3.63, 3.8) is 0 Å². The Labute approximate surface area is 210 Å². The van der Waals surface area contributed by atoms with E-state index in [1.807, 2.05) is 17.0 Å². The number of hydrogen-bond acceptors (Lipinski definition) is 4. The monoisotopic (exact) mass is 485 g/mol. The molecular formula is C29H31N3O4. The van der Waals surface area contributed by atoms with Gasteiger partial charge in [-0.25, -0.2) is 0 Å². The van der Waals surface area contributed by atoms with Gasteiger partial charge in [0.25, 0.3) is 5.91 Å². The number of benzene rings is 2. The Bertz CT molecular complexity index is 1450. The lowest BCUT2D eigenvalue weighted by Crippen LogP contribution is -2.35. The SMILES string of the molecule is COc1ccc2cc1OCCCCN(C(=O)c1ccc(=O)n(C)c1)CCc1c([nH]c3ccccc13)C2. The molecule has 0 atom stereocenters. The first-order valence-electron chi connectivity index (χ1n) is 12.4. The number of fused-ring (bicyclic) bond motifs is 5. The van der Waals surface area contributed by atoms with E-state index in [0.29, 0.717) is 31.0 Å². The van der Waals surface area contributed by atoms with E-state index in [1.165, 1.54) is 21.6 Å². The highest BCUT2D eigenvalue weighted by Gasteiger charge is 2.20. The van der Waals surface area contributed by atoms with Gasteiger partial charge in [-0.15, -0.1) is 0 Å². The van der Waals surface area contributed by atoms with Crippen LogP contribution in [0.4, 0.5) is 0 Å². The second-order valence-corrected chi connectivity index (χ2v) is 9.25. The van der Waals surface area contributed by atoms with Crippen LogP contribution in [0, 0.1) is 0 Å². The minimum Gasteiger partial charge on any atom is -0.493 e. The van der Waals surface area contributed by atoms with Crippen molar-refractivity contribution in [1.29, 1.82) is 0 Å². The molecule has 7 heteroatoms. The molecule has 1 aliphatic heterocycles. The average Bonchev–Trinajstić information content (AvgIpc) is 3.23. The number of nitrogens with one attached hydrogen (secondary N) is 1. The molecule has 186 valence electrons. The third-order valence-electron chi connectivity index (χ3n) is 6.84. The summed E-state index contributed by atoms with van der Waals surface area (Å²) in [5, 5.41) is 1.18. The Morgan fingerprint density at radius 2 is 1.92 bits per heavy atom. The lowest BCUT2D eigenvalue weighted by Gasteiger charge is -2.24. The highest BCUT2D eigenvalue weighted by molar-refractivity contribution is 5.94. The summed E-state index contributed by atoms with van der Waals surface area (Å²) in [5.74, 6) is 1.39. The normalized spacial score (nSPS) is 14.6. The summed E-state index contributed by atoms with van der Waals surface area (Å²) in [7, 11) is 3.32. The topological polar surface area (TPSA) is 76.6 Å². The number of ether oxygens (including phenoxy) is 2. The van der Waals surface area contributed by atoms with Crippen LogP contribution in [-0.4, -0.2) is 47.2 Å². The number of H-pyrrole nitrogens is 1. The second kappa shape index (κ2) is 10.3. The zero-order chi connectivity index (χ0) is 25.1. The molecule has 2 bridgehead atoms. The van der Waals surface area contributed by atoms with Crippen LogP contribution in [0.3, 0.4) is 0 Å². The molecule has 2 aromatic carbocycles. The first-order valence-corrected chi connectivity index (χ1v) is 12.4. The number of aromatic nitrogens is 2. The molecule has 0 radical (unpaired) electrons. The maximum atomic E-state index is 13.5. The van der Waals surface area contributed by atoms with Crippen LogP contribution in [0.25, 0.3) is 10.9 Å². The summed E-state index contributed by atoms with van der Waals surface area (Å²) in [6.45, 7) is 1.74. The second-order valence-electron chi connectivity index (χ2n) is 9.25. The Morgan fingerprint density at radius 3 is 2.75 bits per heavy atom. The molecule has 0 saturated heterocycles. The zero-order valence-corrected chi connectivity index (χ0v) is 20.8. The van der Waals surface area contributed by atoms with Crippen molar-refractivity contribution in [2.45, 2.75) is 25.7 Å². The van der Waals surface area contributed by atoms with Crippen molar-refractivity contribution in [2.75, 3.05) is 26.8 Å². The van der Waals surface area contributed by atoms with E-state index in [2.05, 4.69) is 35.3 Å². The number of pyridine rings is 1. The van der Waals surface area contributed by atoms with Crippen molar-refractivity contribution in [3.05, 3.63) is 93.5 Å². The molecule has 0 spiro atoms. The van der Waals surface area contributed by atoms with E-state index in [1.54, 1.807) is 26.4 Å². The van der Waals surface area contributed by atoms with Gasteiger partial charge in [-0.2, -0.15) is 0 Å². The van der Waals surface area contributed by atoms with Crippen LogP contribution in [0.5, 0.6) is 11.5 Å². The van der Waals surface area contributed by atoms with Gasteiger partial charge in [0.1, 0.15) is 0 Å². The van der Waals surface area contributed by atoms with Crippen LogP contribution in [0.15, 0.2) is 65.6 Å². The first-order chi connectivity index (χ1) is 17.5. The van der Waals surface area contributed by atoms with Gasteiger partial charge in [0.2, 0.25) is 5.56 Å². The smallest absolute Gasteiger partial charge is 0.255 e. The molecule has 0 aliphatic carbocycles. The summed E-state index contributed by atoms with van der Waals surface area (Å²) >= 11 is 0. The number of amides is 1. The Morgan fingerprint density at radius 1 is 1.06 bits per heavy atom. The first kappa shape index (κ1) is 23.7. The fraction of sp³-hybridized carbons (Fsp3) is 0.310. The number of aromatic amines is 1. The summed E-state index contributed by atoms with van der Waals surface area (Å²) in [6.07, 6.45) is 4.69. The zero-order valence-electron chi connectivity index (χ0n) is 20.8. The van der Waals surface area contributed by atoms with Gasteiger partial charge in [0.05, 0.1) is 19.3 Å².